The van der Waals surface area contributed by atoms with Crippen LogP contribution < -0.4 is 5.32 Å². The number of halogens is 4. The van der Waals surface area contributed by atoms with E-state index in [0.717, 1.165) is 0 Å². The van der Waals surface area contributed by atoms with E-state index in [-0.39, 0.29) is 6.54 Å². The zero-order chi connectivity index (χ0) is 13.3. The summed E-state index contributed by atoms with van der Waals surface area (Å²) in [5, 5.41) is 12.0. The summed E-state index contributed by atoms with van der Waals surface area (Å²) < 4.78 is 57.2. The van der Waals surface area contributed by atoms with Gasteiger partial charge in [0.2, 0.25) is 0 Å². The highest BCUT2D eigenvalue weighted by molar-refractivity contribution is 4.68. The molecule has 104 valence electrons. The van der Waals surface area contributed by atoms with Crippen molar-refractivity contribution in [2.45, 2.75) is 18.5 Å². The van der Waals surface area contributed by atoms with Crippen molar-refractivity contribution in [1.82, 2.24) is 5.32 Å². The molecule has 0 aliphatic heterocycles. The molecule has 0 aromatic rings. The van der Waals surface area contributed by atoms with Gasteiger partial charge in [-0.25, -0.2) is 8.78 Å². The van der Waals surface area contributed by atoms with Crippen LogP contribution in [0.5, 0.6) is 0 Å². The largest absolute Gasteiger partial charge is 0.389 e. The highest BCUT2D eigenvalue weighted by Crippen LogP contribution is 2.22. The zero-order valence-corrected chi connectivity index (χ0v) is 9.47. The molecule has 0 saturated carbocycles. The lowest BCUT2D eigenvalue weighted by atomic mass is 10.3. The minimum Gasteiger partial charge on any atom is -0.389 e. The van der Waals surface area contributed by atoms with Gasteiger partial charge in [-0.15, -0.1) is 0 Å². The van der Waals surface area contributed by atoms with Gasteiger partial charge in [0.1, 0.15) is 6.61 Å². The van der Waals surface area contributed by atoms with Gasteiger partial charge in [-0.1, -0.05) is 0 Å². The summed E-state index contributed by atoms with van der Waals surface area (Å²) in [6.45, 7) is -0.788. The Balaban J connectivity index is 3.54. The molecule has 4 nitrogen and oxygen atoms in total. The van der Waals surface area contributed by atoms with Gasteiger partial charge < -0.3 is 19.9 Å². The molecule has 0 aliphatic carbocycles. The Morgan fingerprint density at radius 1 is 1.35 bits per heavy atom. The Bertz CT molecular complexity index is 195. The maximum absolute atomic E-state index is 12.4. The molecule has 0 bridgehead atoms. The number of ether oxygens (including phenoxy) is 2. The molecular weight excluding hydrogens is 246 g/mol. The Morgan fingerprint density at radius 2 is 2.00 bits per heavy atom. The number of aliphatic hydroxyl groups is 1. The standard InChI is InChI=1S/C9H17F4NO3/c1-16-3-2-14-4-7(15)5-17-6-9(12,13)8(10)11/h7-8,14-15H,2-6H2,1H3. The van der Waals surface area contributed by atoms with Gasteiger partial charge in [0, 0.05) is 20.2 Å². The number of methoxy groups -OCH3 is 1. The molecule has 0 amide bonds. The van der Waals surface area contributed by atoms with Crippen LogP contribution in [-0.2, 0) is 9.47 Å². The van der Waals surface area contributed by atoms with Crippen LogP contribution in [0.3, 0.4) is 0 Å². The van der Waals surface area contributed by atoms with E-state index >= 15 is 0 Å². The smallest absolute Gasteiger partial charge is 0.330 e. The van der Waals surface area contributed by atoms with Gasteiger partial charge in [-0.2, -0.15) is 8.78 Å². The quantitative estimate of drug-likeness (QED) is 0.445. The van der Waals surface area contributed by atoms with Crippen LogP contribution in [0.2, 0.25) is 0 Å². The van der Waals surface area contributed by atoms with Crippen molar-refractivity contribution < 1.29 is 32.1 Å². The fourth-order valence-electron chi connectivity index (χ4n) is 0.896. The van der Waals surface area contributed by atoms with Crippen LogP contribution >= 0.6 is 0 Å². The van der Waals surface area contributed by atoms with E-state index in [0.29, 0.717) is 13.2 Å². The molecule has 1 atom stereocenters. The first-order valence-corrected chi connectivity index (χ1v) is 5.01. The third-order valence-corrected chi connectivity index (χ3v) is 1.79. The summed E-state index contributed by atoms with van der Waals surface area (Å²) in [5.74, 6) is -4.18. The third-order valence-electron chi connectivity index (χ3n) is 1.79. The number of hydrogen-bond donors (Lipinski definition) is 2. The Morgan fingerprint density at radius 3 is 2.53 bits per heavy atom. The van der Waals surface area contributed by atoms with Crippen LogP contribution in [-0.4, -0.2) is 63.6 Å². The maximum atomic E-state index is 12.4. The molecule has 0 fully saturated rings. The molecule has 17 heavy (non-hydrogen) atoms. The Labute approximate surface area is 96.9 Å². The van der Waals surface area contributed by atoms with E-state index in [2.05, 4.69) is 10.1 Å². The molecule has 2 N–H and O–H groups in total. The maximum Gasteiger partial charge on any atom is 0.330 e. The van der Waals surface area contributed by atoms with E-state index in [1.54, 1.807) is 0 Å². The number of hydrogen-bond acceptors (Lipinski definition) is 4. The molecule has 1 unspecified atom stereocenters. The van der Waals surface area contributed by atoms with Gasteiger partial charge in [-0.05, 0) is 0 Å². The number of aliphatic hydroxyl groups excluding tert-OH is 1. The average Bonchev–Trinajstić information content (AvgIpc) is 2.24. The van der Waals surface area contributed by atoms with E-state index in [4.69, 9.17) is 4.74 Å². The summed E-state index contributed by atoms with van der Waals surface area (Å²) in [4.78, 5) is 0. The molecule has 0 rings (SSSR count). The average molecular weight is 263 g/mol. The van der Waals surface area contributed by atoms with Crippen LogP contribution in [0.25, 0.3) is 0 Å². The zero-order valence-electron chi connectivity index (χ0n) is 9.47. The van der Waals surface area contributed by atoms with E-state index in [1.807, 2.05) is 0 Å². The predicted molar refractivity (Wildman–Crippen MR) is 52.5 cm³/mol. The van der Waals surface area contributed by atoms with E-state index < -0.39 is 31.7 Å². The Hall–Kier alpha value is -0.440. The van der Waals surface area contributed by atoms with Gasteiger partial charge >= 0.3 is 12.3 Å². The van der Waals surface area contributed by atoms with Crippen LogP contribution in [0.4, 0.5) is 17.6 Å². The summed E-state index contributed by atoms with van der Waals surface area (Å²) in [5.41, 5.74) is 0. The van der Waals surface area contributed by atoms with Crippen molar-refractivity contribution in [1.29, 1.82) is 0 Å². The van der Waals surface area contributed by atoms with E-state index in [1.165, 1.54) is 7.11 Å². The van der Waals surface area contributed by atoms with Crippen LogP contribution in [0, 0.1) is 0 Å². The van der Waals surface area contributed by atoms with Crippen molar-refractivity contribution in [3.05, 3.63) is 0 Å². The van der Waals surface area contributed by atoms with Crippen molar-refractivity contribution in [3.8, 4) is 0 Å². The first-order valence-electron chi connectivity index (χ1n) is 5.01. The minimum absolute atomic E-state index is 0.115. The molecule has 0 radical (unpaired) electrons. The second-order valence-corrected chi connectivity index (χ2v) is 3.43. The van der Waals surface area contributed by atoms with Crippen molar-refractivity contribution in [3.63, 3.8) is 0 Å². The number of nitrogens with one attached hydrogen (secondary N) is 1. The highest BCUT2D eigenvalue weighted by Gasteiger charge is 2.41. The number of alkyl halides is 4. The normalized spacial score (nSPS) is 14.3. The predicted octanol–water partition coefficient (Wildman–Crippen LogP) is 0.500. The molecular formula is C9H17F4NO3. The highest BCUT2D eigenvalue weighted by atomic mass is 19.3. The third kappa shape index (κ3) is 8.31. The second kappa shape index (κ2) is 8.62. The molecule has 0 aromatic heterocycles. The van der Waals surface area contributed by atoms with Gasteiger partial charge in [0.25, 0.3) is 0 Å². The van der Waals surface area contributed by atoms with Gasteiger partial charge in [0.15, 0.2) is 0 Å². The summed E-state index contributed by atoms with van der Waals surface area (Å²) in [6.07, 6.45) is -4.79. The lowest BCUT2D eigenvalue weighted by Gasteiger charge is -2.17. The minimum atomic E-state index is -4.18. The molecule has 0 spiro atoms. The molecule has 8 heteroatoms. The summed E-state index contributed by atoms with van der Waals surface area (Å²) in [6, 6.07) is 0. The SMILES string of the molecule is COCCNCC(O)COCC(F)(F)C(F)F. The van der Waals surface area contributed by atoms with Crippen molar-refractivity contribution in [2.24, 2.45) is 0 Å². The molecule has 0 aliphatic rings. The molecule has 0 aromatic carbocycles. The van der Waals surface area contributed by atoms with Crippen molar-refractivity contribution in [2.75, 3.05) is 40.0 Å². The topological polar surface area (TPSA) is 50.7 Å². The summed E-state index contributed by atoms with van der Waals surface area (Å²) >= 11 is 0. The summed E-state index contributed by atoms with van der Waals surface area (Å²) in [7, 11) is 1.51. The Kier molecular flexibility index (Phi) is 8.40. The van der Waals surface area contributed by atoms with Crippen LogP contribution in [0.1, 0.15) is 0 Å². The monoisotopic (exact) mass is 263 g/mol. The number of rotatable bonds is 10. The first kappa shape index (κ1) is 16.6. The lowest BCUT2D eigenvalue weighted by Crippen LogP contribution is -2.36. The fraction of sp³-hybridized carbons (Fsp3) is 1.00. The van der Waals surface area contributed by atoms with Crippen LogP contribution in [0.15, 0.2) is 0 Å². The first-order chi connectivity index (χ1) is 7.90. The lowest BCUT2D eigenvalue weighted by molar-refractivity contribution is -0.170. The van der Waals surface area contributed by atoms with E-state index in [9.17, 15) is 22.7 Å². The molecule has 0 heterocycles. The van der Waals surface area contributed by atoms with Gasteiger partial charge in [0.05, 0.1) is 19.3 Å². The van der Waals surface area contributed by atoms with Crippen molar-refractivity contribution >= 4 is 0 Å². The molecule has 0 saturated heterocycles. The second-order valence-electron chi connectivity index (χ2n) is 3.43. The fourth-order valence-corrected chi connectivity index (χ4v) is 0.896. The van der Waals surface area contributed by atoms with Gasteiger partial charge in [-0.3, -0.25) is 0 Å².